The number of carbonyl (C=O) groups excluding carboxylic acids is 1. The van der Waals surface area contributed by atoms with Crippen LogP contribution in [0.15, 0.2) is 35.9 Å². The van der Waals surface area contributed by atoms with Crippen molar-refractivity contribution in [3.8, 4) is 0 Å². The Morgan fingerprint density at radius 1 is 1.17 bits per heavy atom. The maximum atomic E-state index is 11.7. The Balaban J connectivity index is 2.21. The summed E-state index contributed by atoms with van der Waals surface area (Å²) in [5, 5.41) is 6.13. The first-order chi connectivity index (χ1) is 8.59. The van der Waals surface area contributed by atoms with Gasteiger partial charge in [0.2, 0.25) is 0 Å². The van der Waals surface area contributed by atoms with Gasteiger partial charge in [-0.3, -0.25) is 4.79 Å². The van der Waals surface area contributed by atoms with Crippen LogP contribution in [0.25, 0.3) is 0 Å². The third-order valence-electron chi connectivity index (χ3n) is 2.56. The minimum Gasteiger partial charge on any atom is -0.351 e. The molecule has 0 radical (unpaired) electrons. The Morgan fingerprint density at radius 2 is 1.83 bits per heavy atom. The van der Waals surface area contributed by atoms with E-state index in [-0.39, 0.29) is 5.91 Å². The molecule has 98 valence electrons. The van der Waals surface area contributed by atoms with Crippen molar-refractivity contribution in [1.29, 1.82) is 0 Å². The van der Waals surface area contributed by atoms with E-state index >= 15 is 0 Å². The Labute approximate surface area is 109 Å². The summed E-state index contributed by atoms with van der Waals surface area (Å²) in [4.78, 5) is 11.7. The number of allylic oxidation sites excluding steroid dienone is 1. The van der Waals surface area contributed by atoms with Crippen molar-refractivity contribution < 1.29 is 4.79 Å². The fraction of sp³-hybridized carbons (Fsp3) is 0.400. The van der Waals surface area contributed by atoms with Gasteiger partial charge in [0, 0.05) is 25.2 Å². The Hall–Kier alpha value is -1.61. The minimum absolute atomic E-state index is 0.0148. The lowest BCUT2D eigenvalue weighted by Gasteiger charge is -2.06. The summed E-state index contributed by atoms with van der Waals surface area (Å²) < 4.78 is 0. The smallest absolute Gasteiger partial charge is 0.251 e. The number of hydrogen-bond acceptors (Lipinski definition) is 2. The van der Waals surface area contributed by atoms with Crippen LogP contribution in [0.4, 0.5) is 0 Å². The van der Waals surface area contributed by atoms with Gasteiger partial charge < -0.3 is 10.6 Å². The van der Waals surface area contributed by atoms with E-state index in [1.165, 1.54) is 5.57 Å². The molecule has 0 spiro atoms. The van der Waals surface area contributed by atoms with Crippen molar-refractivity contribution in [3.63, 3.8) is 0 Å². The van der Waals surface area contributed by atoms with Gasteiger partial charge in [0.1, 0.15) is 0 Å². The lowest BCUT2D eigenvalue weighted by molar-refractivity contribution is 0.0954. The quantitative estimate of drug-likeness (QED) is 0.597. The molecule has 3 nitrogen and oxygen atoms in total. The van der Waals surface area contributed by atoms with Gasteiger partial charge in [0.05, 0.1) is 0 Å². The monoisotopic (exact) mass is 246 g/mol. The van der Waals surface area contributed by atoms with E-state index in [0.717, 1.165) is 18.7 Å². The highest BCUT2D eigenvalue weighted by Crippen LogP contribution is 2.02. The van der Waals surface area contributed by atoms with E-state index in [2.05, 4.69) is 30.6 Å². The second kappa shape index (κ2) is 7.67. The van der Waals surface area contributed by atoms with Crippen molar-refractivity contribution in [2.45, 2.75) is 20.8 Å². The minimum atomic E-state index is -0.0148. The topological polar surface area (TPSA) is 41.1 Å². The molecule has 0 atom stereocenters. The zero-order valence-corrected chi connectivity index (χ0v) is 11.4. The molecule has 0 saturated heterocycles. The first kappa shape index (κ1) is 14.5. The molecule has 0 aromatic heterocycles. The van der Waals surface area contributed by atoms with E-state index < -0.39 is 0 Å². The molecule has 0 fully saturated rings. The molecule has 3 heteroatoms. The molecule has 0 aliphatic heterocycles. The fourth-order valence-electron chi connectivity index (χ4n) is 1.45. The van der Waals surface area contributed by atoms with Crippen molar-refractivity contribution in [2.24, 2.45) is 0 Å². The molecule has 1 amide bonds. The first-order valence-electron chi connectivity index (χ1n) is 6.28. The van der Waals surface area contributed by atoms with Crippen LogP contribution in [-0.2, 0) is 0 Å². The van der Waals surface area contributed by atoms with Gasteiger partial charge >= 0.3 is 0 Å². The Kier molecular flexibility index (Phi) is 6.15. The molecule has 0 saturated carbocycles. The van der Waals surface area contributed by atoms with Crippen LogP contribution < -0.4 is 10.6 Å². The zero-order chi connectivity index (χ0) is 13.4. The Bertz CT molecular complexity index is 403. The summed E-state index contributed by atoms with van der Waals surface area (Å²) in [6, 6.07) is 7.59. The summed E-state index contributed by atoms with van der Waals surface area (Å²) >= 11 is 0. The predicted octanol–water partition coefficient (Wildman–Crippen LogP) is 2.28. The molecule has 0 heterocycles. The maximum absolute atomic E-state index is 11.7. The van der Waals surface area contributed by atoms with E-state index in [4.69, 9.17) is 0 Å². The molecular weight excluding hydrogens is 224 g/mol. The van der Waals surface area contributed by atoms with Crippen LogP contribution in [-0.4, -0.2) is 25.5 Å². The van der Waals surface area contributed by atoms with Crippen LogP contribution in [0, 0.1) is 6.92 Å². The highest BCUT2D eigenvalue weighted by molar-refractivity contribution is 5.94. The second-order valence-electron chi connectivity index (χ2n) is 4.61. The largest absolute Gasteiger partial charge is 0.351 e. The number of amides is 1. The van der Waals surface area contributed by atoms with E-state index in [9.17, 15) is 4.79 Å². The standard InChI is InChI=1S/C15H22N2O/c1-12(2)8-9-16-10-11-17-15(18)14-6-4-13(3)5-7-14/h4-8,16H,9-11H2,1-3H3,(H,17,18). The lowest BCUT2D eigenvalue weighted by atomic mass is 10.1. The number of benzene rings is 1. The normalized spacial score (nSPS) is 9.94. The molecule has 0 aliphatic rings. The van der Waals surface area contributed by atoms with Crippen molar-refractivity contribution in [1.82, 2.24) is 10.6 Å². The molecule has 0 aliphatic carbocycles. The van der Waals surface area contributed by atoms with Crippen LogP contribution in [0.3, 0.4) is 0 Å². The van der Waals surface area contributed by atoms with E-state index in [1.807, 2.05) is 31.2 Å². The van der Waals surface area contributed by atoms with E-state index in [1.54, 1.807) is 0 Å². The summed E-state index contributed by atoms with van der Waals surface area (Å²) in [5.41, 5.74) is 3.17. The highest BCUT2D eigenvalue weighted by atomic mass is 16.1. The van der Waals surface area contributed by atoms with Gasteiger partial charge in [-0.1, -0.05) is 29.3 Å². The highest BCUT2D eigenvalue weighted by Gasteiger charge is 2.02. The van der Waals surface area contributed by atoms with Crippen molar-refractivity contribution in [2.75, 3.05) is 19.6 Å². The van der Waals surface area contributed by atoms with E-state index in [0.29, 0.717) is 12.1 Å². The van der Waals surface area contributed by atoms with Crippen LogP contribution in [0.5, 0.6) is 0 Å². The van der Waals surface area contributed by atoms with Crippen molar-refractivity contribution >= 4 is 5.91 Å². The van der Waals surface area contributed by atoms with Crippen molar-refractivity contribution in [3.05, 3.63) is 47.0 Å². The average molecular weight is 246 g/mol. The SMILES string of the molecule is CC(C)=CCNCCNC(=O)c1ccc(C)cc1. The maximum Gasteiger partial charge on any atom is 0.251 e. The van der Waals surface area contributed by atoms with Crippen LogP contribution in [0.1, 0.15) is 29.8 Å². The molecular formula is C15H22N2O. The number of hydrogen-bond donors (Lipinski definition) is 2. The van der Waals surface area contributed by atoms with Gasteiger partial charge in [-0.2, -0.15) is 0 Å². The molecule has 18 heavy (non-hydrogen) atoms. The average Bonchev–Trinajstić information content (AvgIpc) is 2.34. The number of carbonyl (C=O) groups is 1. The van der Waals surface area contributed by atoms with Gasteiger partial charge in [-0.15, -0.1) is 0 Å². The molecule has 0 unspecified atom stereocenters. The van der Waals surface area contributed by atoms with Gasteiger partial charge in [-0.05, 0) is 32.9 Å². The van der Waals surface area contributed by atoms with Gasteiger partial charge in [0.15, 0.2) is 0 Å². The van der Waals surface area contributed by atoms with Crippen LogP contribution >= 0.6 is 0 Å². The molecule has 0 bridgehead atoms. The molecule has 1 aromatic rings. The summed E-state index contributed by atoms with van der Waals surface area (Å²) in [5.74, 6) is -0.0148. The first-order valence-corrected chi connectivity index (χ1v) is 6.28. The van der Waals surface area contributed by atoms with Crippen LogP contribution in [0.2, 0.25) is 0 Å². The fourth-order valence-corrected chi connectivity index (χ4v) is 1.45. The number of nitrogens with one attached hydrogen (secondary N) is 2. The third-order valence-corrected chi connectivity index (χ3v) is 2.56. The molecule has 1 rings (SSSR count). The Morgan fingerprint density at radius 3 is 2.44 bits per heavy atom. The molecule has 2 N–H and O–H groups in total. The molecule has 1 aromatic carbocycles. The summed E-state index contributed by atoms with van der Waals surface area (Å²) in [6.45, 7) is 8.42. The van der Waals surface area contributed by atoms with Gasteiger partial charge in [-0.25, -0.2) is 0 Å². The lowest BCUT2D eigenvalue weighted by Crippen LogP contribution is -2.31. The second-order valence-corrected chi connectivity index (χ2v) is 4.61. The number of aryl methyl sites for hydroxylation is 1. The summed E-state index contributed by atoms with van der Waals surface area (Å²) in [7, 11) is 0. The number of rotatable bonds is 6. The summed E-state index contributed by atoms with van der Waals surface area (Å²) in [6.07, 6.45) is 2.13. The van der Waals surface area contributed by atoms with Gasteiger partial charge in [0.25, 0.3) is 5.91 Å². The third kappa shape index (κ3) is 5.64. The predicted molar refractivity (Wildman–Crippen MR) is 75.8 cm³/mol. The zero-order valence-electron chi connectivity index (χ0n) is 11.4.